The first-order chi connectivity index (χ1) is 9.99. The van der Waals surface area contributed by atoms with Crippen molar-refractivity contribution in [3.05, 3.63) is 33.3 Å². The Morgan fingerprint density at radius 3 is 2.71 bits per heavy atom. The van der Waals surface area contributed by atoms with Crippen molar-refractivity contribution in [2.45, 2.75) is 6.42 Å². The van der Waals surface area contributed by atoms with Crippen LogP contribution in [-0.2, 0) is 14.3 Å². The number of rotatable bonds is 8. The third kappa shape index (κ3) is 5.20. The fourth-order valence-corrected chi connectivity index (χ4v) is 1.98. The van der Waals surface area contributed by atoms with Crippen molar-refractivity contribution in [3.8, 4) is 0 Å². The summed E-state index contributed by atoms with van der Waals surface area (Å²) >= 11 is 5.91. The van der Waals surface area contributed by atoms with Crippen molar-refractivity contribution in [1.29, 1.82) is 0 Å². The van der Waals surface area contributed by atoms with E-state index in [0.717, 1.165) is 0 Å². The molecule has 0 aliphatic heterocycles. The van der Waals surface area contributed by atoms with Crippen LogP contribution in [0.5, 0.6) is 0 Å². The Kier molecular flexibility index (Phi) is 6.90. The zero-order valence-electron chi connectivity index (χ0n) is 11.9. The number of hydrogen-bond donors (Lipinski definition) is 0. The van der Waals surface area contributed by atoms with Crippen LogP contribution in [0.15, 0.2) is 18.2 Å². The van der Waals surface area contributed by atoms with Crippen molar-refractivity contribution >= 4 is 28.9 Å². The molecule has 0 spiro atoms. The molecule has 0 unspecified atom stereocenters. The lowest BCUT2D eigenvalue weighted by molar-refractivity contribution is -0.384. The summed E-state index contributed by atoms with van der Waals surface area (Å²) in [7, 11) is 2.83. The smallest absolute Gasteiger partial charge is 0.325 e. The van der Waals surface area contributed by atoms with Crippen LogP contribution in [-0.4, -0.2) is 44.8 Å². The molecule has 0 fully saturated rings. The molecule has 1 aromatic rings. The number of esters is 1. The minimum atomic E-state index is -0.508. The number of hydrogen-bond acceptors (Lipinski definition) is 6. The van der Waals surface area contributed by atoms with Crippen molar-refractivity contribution < 1.29 is 19.2 Å². The van der Waals surface area contributed by atoms with E-state index in [9.17, 15) is 14.9 Å². The van der Waals surface area contributed by atoms with Crippen LogP contribution in [0.3, 0.4) is 0 Å². The maximum atomic E-state index is 11.5. The van der Waals surface area contributed by atoms with Crippen LogP contribution in [0, 0.1) is 10.1 Å². The summed E-state index contributed by atoms with van der Waals surface area (Å²) < 4.78 is 9.58. The second-order valence-electron chi connectivity index (χ2n) is 4.23. The predicted octanol–water partition coefficient (Wildman–Crippen LogP) is 2.26. The van der Waals surface area contributed by atoms with Crippen molar-refractivity contribution in [2.24, 2.45) is 0 Å². The average molecular weight is 317 g/mol. The van der Waals surface area contributed by atoms with Gasteiger partial charge >= 0.3 is 5.97 Å². The number of halogens is 1. The van der Waals surface area contributed by atoms with Gasteiger partial charge in [0.05, 0.1) is 12.0 Å². The molecule has 0 radical (unpaired) electrons. The zero-order chi connectivity index (χ0) is 15.8. The van der Waals surface area contributed by atoms with E-state index in [1.807, 2.05) is 0 Å². The van der Waals surface area contributed by atoms with E-state index in [1.54, 1.807) is 12.0 Å². The van der Waals surface area contributed by atoms with Gasteiger partial charge in [-0.1, -0.05) is 11.6 Å². The average Bonchev–Trinajstić information content (AvgIpc) is 2.45. The highest BCUT2D eigenvalue weighted by atomic mass is 35.5. The largest absolute Gasteiger partial charge is 0.468 e. The monoisotopic (exact) mass is 316 g/mol. The zero-order valence-corrected chi connectivity index (χ0v) is 12.6. The first kappa shape index (κ1) is 17.2. The van der Waals surface area contributed by atoms with Crippen LogP contribution < -0.4 is 4.90 Å². The number of anilines is 1. The Hall–Kier alpha value is -1.86. The maximum Gasteiger partial charge on any atom is 0.325 e. The molecule has 0 saturated carbocycles. The Morgan fingerprint density at radius 1 is 1.43 bits per heavy atom. The summed E-state index contributed by atoms with van der Waals surface area (Å²) in [5.74, 6) is -0.485. The van der Waals surface area contributed by atoms with E-state index in [-0.39, 0.29) is 17.9 Å². The van der Waals surface area contributed by atoms with Gasteiger partial charge in [-0.3, -0.25) is 14.9 Å². The lowest BCUT2D eigenvalue weighted by Gasteiger charge is -2.23. The molecule has 8 heteroatoms. The number of nitro benzene ring substituents is 1. The molecular formula is C13H17ClN2O5. The molecule has 21 heavy (non-hydrogen) atoms. The molecule has 0 aliphatic carbocycles. The minimum absolute atomic E-state index is 0.0958. The second-order valence-corrected chi connectivity index (χ2v) is 4.67. The van der Waals surface area contributed by atoms with Crippen molar-refractivity contribution in [1.82, 2.24) is 0 Å². The molecule has 0 aliphatic rings. The second kappa shape index (κ2) is 8.43. The van der Waals surface area contributed by atoms with Crippen molar-refractivity contribution in [2.75, 3.05) is 38.8 Å². The van der Waals surface area contributed by atoms with Crippen LogP contribution in [0.1, 0.15) is 6.42 Å². The minimum Gasteiger partial charge on any atom is -0.468 e. The Bertz CT molecular complexity index is 509. The highest BCUT2D eigenvalue weighted by Gasteiger charge is 2.21. The molecule has 7 nitrogen and oxygen atoms in total. The summed E-state index contributed by atoms with van der Waals surface area (Å²) in [4.78, 5) is 23.7. The molecule has 1 aromatic carbocycles. The summed E-state index contributed by atoms with van der Waals surface area (Å²) in [6, 6.07) is 4.22. The normalized spacial score (nSPS) is 10.2. The number of nitrogens with zero attached hydrogens (tertiary/aromatic N) is 2. The Labute approximate surface area is 127 Å². The van der Waals surface area contributed by atoms with E-state index < -0.39 is 10.9 Å². The molecular weight excluding hydrogens is 300 g/mol. The van der Waals surface area contributed by atoms with Gasteiger partial charge in [0.25, 0.3) is 5.69 Å². The van der Waals surface area contributed by atoms with Gasteiger partial charge in [-0.15, -0.1) is 0 Å². The van der Waals surface area contributed by atoms with Crippen LogP contribution in [0.2, 0.25) is 5.02 Å². The number of nitro groups is 1. The van der Waals surface area contributed by atoms with Crippen LogP contribution >= 0.6 is 11.6 Å². The summed E-state index contributed by atoms with van der Waals surface area (Å²) in [5.41, 5.74) is 0.176. The number of carbonyl (C=O) groups is 1. The van der Waals surface area contributed by atoms with Gasteiger partial charge in [-0.2, -0.15) is 0 Å². The summed E-state index contributed by atoms with van der Waals surface area (Å²) in [6.07, 6.45) is 0.608. The molecule has 0 aromatic heterocycles. The summed E-state index contributed by atoms with van der Waals surface area (Å²) in [5, 5.41) is 11.5. The van der Waals surface area contributed by atoms with Gasteiger partial charge in [-0.05, 0) is 18.6 Å². The Morgan fingerprint density at radius 2 is 2.14 bits per heavy atom. The van der Waals surface area contributed by atoms with Gasteiger partial charge in [-0.25, -0.2) is 0 Å². The quantitative estimate of drug-likeness (QED) is 0.317. The van der Waals surface area contributed by atoms with Crippen molar-refractivity contribution in [3.63, 3.8) is 0 Å². The van der Waals surface area contributed by atoms with E-state index in [0.29, 0.717) is 24.6 Å². The molecule has 116 valence electrons. The molecule has 0 bridgehead atoms. The van der Waals surface area contributed by atoms with Gasteiger partial charge in [0.2, 0.25) is 0 Å². The number of methoxy groups -OCH3 is 2. The molecule has 0 saturated heterocycles. The van der Waals surface area contributed by atoms with Crippen LogP contribution in [0.25, 0.3) is 0 Å². The van der Waals surface area contributed by atoms with Crippen LogP contribution in [0.4, 0.5) is 11.4 Å². The van der Waals surface area contributed by atoms with E-state index in [2.05, 4.69) is 4.74 Å². The van der Waals surface area contributed by atoms with Gasteiger partial charge in [0.15, 0.2) is 0 Å². The molecule has 0 heterocycles. The number of carbonyl (C=O) groups excluding carboxylic acids is 1. The highest BCUT2D eigenvalue weighted by Crippen LogP contribution is 2.31. The predicted molar refractivity (Wildman–Crippen MR) is 78.8 cm³/mol. The molecule has 0 atom stereocenters. The molecule has 0 N–H and O–H groups in total. The first-order valence-electron chi connectivity index (χ1n) is 6.24. The highest BCUT2D eigenvalue weighted by molar-refractivity contribution is 6.31. The number of benzene rings is 1. The third-order valence-electron chi connectivity index (χ3n) is 2.80. The Balaban J connectivity index is 3.07. The van der Waals surface area contributed by atoms with E-state index in [1.165, 1.54) is 25.3 Å². The van der Waals surface area contributed by atoms with E-state index >= 15 is 0 Å². The third-order valence-corrected chi connectivity index (χ3v) is 3.03. The lowest BCUT2D eigenvalue weighted by atomic mass is 10.2. The fraction of sp³-hybridized carbons (Fsp3) is 0.462. The molecule has 0 amide bonds. The fourth-order valence-electron chi connectivity index (χ4n) is 1.81. The topological polar surface area (TPSA) is 81.9 Å². The summed E-state index contributed by atoms with van der Waals surface area (Å²) in [6.45, 7) is 0.789. The van der Waals surface area contributed by atoms with Gasteiger partial charge in [0, 0.05) is 31.4 Å². The first-order valence-corrected chi connectivity index (χ1v) is 6.62. The number of ether oxygens (including phenoxy) is 2. The maximum absolute atomic E-state index is 11.5. The lowest BCUT2D eigenvalue weighted by Crippen LogP contribution is -2.32. The SMILES string of the molecule is COCCCN(CC(=O)OC)c1cc(Cl)ccc1[N+](=O)[O-]. The van der Waals surface area contributed by atoms with Gasteiger partial charge in [0.1, 0.15) is 12.2 Å². The van der Waals surface area contributed by atoms with E-state index in [4.69, 9.17) is 16.3 Å². The molecule has 1 rings (SSSR count). The standard InChI is InChI=1S/C13H17ClN2O5/c1-20-7-3-6-15(9-13(17)21-2)12-8-10(14)4-5-11(12)16(18)19/h4-5,8H,3,6-7,9H2,1-2H3. The van der Waals surface area contributed by atoms with Gasteiger partial charge < -0.3 is 14.4 Å².